The fraction of sp³-hybridized carbons (Fsp3) is 0.500. The molecule has 0 radical (unpaired) electrons. The Morgan fingerprint density at radius 3 is 2.57 bits per heavy atom. The normalized spacial score (nSPS) is 17.3. The summed E-state index contributed by atoms with van der Waals surface area (Å²) in [5.74, 6) is -0.858. The molecule has 21 heavy (non-hydrogen) atoms. The van der Waals surface area contributed by atoms with E-state index in [-0.39, 0.29) is 11.3 Å². The minimum absolute atomic E-state index is 0.0455. The first-order valence-corrected chi connectivity index (χ1v) is 8.46. The third-order valence-corrected chi connectivity index (χ3v) is 5.40. The van der Waals surface area contributed by atoms with Crippen LogP contribution in [0.15, 0.2) is 29.2 Å². The van der Waals surface area contributed by atoms with Gasteiger partial charge in [-0.25, -0.2) is 8.42 Å². The highest BCUT2D eigenvalue weighted by molar-refractivity contribution is 7.89. The van der Waals surface area contributed by atoms with Gasteiger partial charge in [-0.15, -0.1) is 0 Å². The maximum atomic E-state index is 12.5. The predicted octanol–water partition coefficient (Wildman–Crippen LogP) is 0.688. The maximum Gasteiger partial charge on any atom is 0.303 e. The molecule has 2 rings (SSSR count). The van der Waals surface area contributed by atoms with Crippen LogP contribution in [-0.4, -0.2) is 50.0 Å². The van der Waals surface area contributed by atoms with Gasteiger partial charge in [0.05, 0.1) is 4.90 Å². The molecule has 1 aromatic rings. The summed E-state index contributed by atoms with van der Waals surface area (Å²) in [6, 6.07) is 6.49. The van der Waals surface area contributed by atoms with Crippen LogP contribution in [0.3, 0.4) is 0 Å². The number of rotatable bonds is 5. The maximum absolute atomic E-state index is 12.5. The summed E-state index contributed by atoms with van der Waals surface area (Å²) in [5.41, 5.74) is 0.828. The van der Waals surface area contributed by atoms with E-state index in [0.717, 1.165) is 18.5 Å². The van der Waals surface area contributed by atoms with Crippen molar-refractivity contribution >= 4 is 16.0 Å². The summed E-state index contributed by atoms with van der Waals surface area (Å²) in [6.07, 6.45) is 1.25. The molecule has 7 heteroatoms. The second-order valence-corrected chi connectivity index (χ2v) is 6.98. The summed E-state index contributed by atoms with van der Waals surface area (Å²) in [7, 11) is -3.46. The van der Waals surface area contributed by atoms with Gasteiger partial charge in [0.25, 0.3) is 0 Å². The minimum atomic E-state index is -3.46. The molecule has 2 N–H and O–H groups in total. The Morgan fingerprint density at radius 1 is 1.19 bits per heavy atom. The van der Waals surface area contributed by atoms with E-state index in [9.17, 15) is 13.2 Å². The van der Waals surface area contributed by atoms with E-state index in [4.69, 9.17) is 5.11 Å². The average Bonchev–Trinajstić information content (AvgIpc) is 2.75. The van der Waals surface area contributed by atoms with Gasteiger partial charge in [0.15, 0.2) is 0 Å². The van der Waals surface area contributed by atoms with Gasteiger partial charge >= 0.3 is 5.97 Å². The molecule has 1 saturated heterocycles. The fourth-order valence-corrected chi connectivity index (χ4v) is 3.77. The summed E-state index contributed by atoms with van der Waals surface area (Å²) < 4.78 is 26.5. The van der Waals surface area contributed by atoms with Gasteiger partial charge in [0.2, 0.25) is 10.0 Å². The summed E-state index contributed by atoms with van der Waals surface area (Å²) in [4.78, 5) is 10.8. The molecule has 0 atom stereocenters. The first-order valence-electron chi connectivity index (χ1n) is 7.02. The fourth-order valence-electron chi connectivity index (χ4n) is 2.29. The van der Waals surface area contributed by atoms with Gasteiger partial charge in [-0.05, 0) is 37.1 Å². The summed E-state index contributed by atoms with van der Waals surface area (Å²) in [5, 5.41) is 11.8. The Morgan fingerprint density at radius 2 is 1.90 bits per heavy atom. The van der Waals surface area contributed by atoms with Crippen molar-refractivity contribution in [2.24, 2.45) is 0 Å². The van der Waals surface area contributed by atoms with Crippen molar-refractivity contribution in [2.45, 2.75) is 24.2 Å². The molecule has 0 bridgehead atoms. The molecule has 6 nitrogen and oxygen atoms in total. The van der Waals surface area contributed by atoms with E-state index in [2.05, 4.69) is 5.32 Å². The van der Waals surface area contributed by atoms with Crippen LogP contribution in [0.25, 0.3) is 0 Å². The van der Waals surface area contributed by atoms with Crippen LogP contribution in [0.2, 0.25) is 0 Å². The molecule has 0 unspecified atom stereocenters. The van der Waals surface area contributed by atoms with Gasteiger partial charge in [0, 0.05) is 26.1 Å². The van der Waals surface area contributed by atoms with Crippen LogP contribution < -0.4 is 5.32 Å². The largest absolute Gasteiger partial charge is 0.481 e. The highest BCUT2D eigenvalue weighted by atomic mass is 32.2. The molecule has 1 aliphatic rings. The lowest BCUT2D eigenvalue weighted by atomic mass is 10.1. The third-order valence-electron chi connectivity index (χ3n) is 3.49. The van der Waals surface area contributed by atoms with Gasteiger partial charge in [-0.2, -0.15) is 4.31 Å². The first-order chi connectivity index (χ1) is 10.00. The summed E-state index contributed by atoms with van der Waals surface area (Å²) in [6.45, 7) is 2.50. The van der Waals surface area contributed by atoms with E-state index in [1.165, 1.54) is 4.31 Å². The van der Waals surface area contributed by atoms with Crippen LogP contribution in [0.1, 0.15) is 18.4 Å². The number of aryl methyl sites for hydroxylation is 1. The molecule has 0 saturated carbocycles. The first kappa shape index (κ1) is 15.9. The van der Waals surface area contributed by atoms with Crippen LogP contribution in [0, 0.1) is 0 Å². The predicted molar refractivity (Wildman–Crippen MR) is 78.6 cm³/mol. The molecule has 0 spiro atoms. The van der Waals surface area contributed by atoms with Crippen LogP contribution in [-0.2, 0) is 21.2 Å². The zero-order valence-corrected chi connectivity index (χ0v) is 12.6. The molecule has 1 fully saturated rings. The van der Waals surface area contributed by atoms with Gasteiger partial charge < -0.3 is 10.4 Å². The molecule has 116 valence electrons. The molecule has 0 amide bonds. The molecule has 0 aromatic heterocycles. The Balaban J connectivity index is 2.10. The lowest BCUT2D eigenvalue weighted by molar-refractivity contribution is -0.136. The number of sulfonamides is 1. The highest BCUT2D eigenvalue weighted by Gasteiger charge is 2.24. The van der Waals surface area contributed by atoms with E-state index in [0.29, 0.717) is 26.1 Å². The van der Waals surface area contributed by atoms with E-state index < -0.39 is 16.0 Å². The Kier molecular flexibility index (Phi) is 5.33. The smallest absolute Gasteiger partial charge is 0.303 e. The van der Waals surface area contributed by atoms with Crippen LogP contribution in [0.5, 0.6) is 0 Å². The second-order valence-electron chi connectivity index (χ2n) is 5.05. The zero-order valence-electron chi connectivity index (χ0n) is 11.8. The lowest BCUT2D eigenvalue weighted by Gasteiger charge is -2.19. The number of aliphatic carboxylic acids is 1. The van der Waals surface area contributed by atoms with Crippen LogP contribution >= 0.6 is 0 Å². The molecular formula is C14H20N2O4S. The SMILES string of the molecule is O=C(O)CCc1ccc(S(=O)(=O)N2CCCNCC2)cc1. The number of carbonyl (C=O) groups is 1. The van der Waals surface area contributed by atoms with E-state index in [1.807, 2.05) is 0 Å². The van der Waals surface area contributed by atoms with Crippen molar-refractivity contribution in [1.29, 1.82) is 0 Å². The van der Waals surface area contributed by atoms with Crippen molar-refractivity contribution in [2.75, 3.05) is 26.2 Å². The van der Waals surface area contributed by atoms with Crippen molar-refractivity contribution in [3.05, 3.63) is 29.8 Å². The quantitative estimate of drug-likeness (QED) is 0.835. The standard InChI is InChI=1S/C14H20N2O4S/c17-14(18)7-4-12-2-5-13(6-3-12)21(19,20)16-10-1-8-15-9-11-16/h2-3,5-6,15H,1,4,7-11H2,(H,17,18). The van der Waals surface area contributed by atoms with Crippen molar-refractivity contribution in [3.63, 3.8) is 0 Å². The Bertz CT molecular complexity index is 575. The van der Waals surface area contributed by atoms with Crippen LogP contribution in [0.4, 0.5) is 0 Å². The van der Waals surface area contributed by atoms with Crippen molar-refractivity contribution in [3.8, 4) is 0 Å². The zero-order chi connectivity index (χ0) is 15.3. The molecule has 1 aromatic carbocycles. The van der Waals surface area contributed by atoms with Crippen molar-refractivity contribution in [1.82, 2.24) is 9.62 Å². The molecule has 0 aliphatic carbocycles. The number of benzene rings is 1. The molecule has 1 heterocycles. The minimum Gasteiger partial charge on any atom is -0.481 e. The molecule has 1 aliphatic heterocycles. The van der Waals surface area contributed by atoms with Gasteiger partial charge in [0.1, 0.15) is 0 Å². The monoisotopic (exact) mass is 312 g/mol. The number of nitrogens with zero attached hydrogens (tertiary/aromatic N) is 1. The van der Waals surface area contributed by atoms with Gasteiger partial charge in [-0.1, -0.05) is 12.1 Å². The average molecular weight is 312 g/mol. The van der Waals surface area contributed by atoms with E-state index in [1.54, 1.807) is 24.3 Å². The third kappa shape index (κ3) is 4.26. The highest BCUT2D eigenvalue weighted by Crippen LogP contribution is 2.17. The van der Waals surface area contributed by atoms with E-state index >= 15 is 0 Å². The number of nitrogens with one attached hydrogen (secondary N) is 1. The summed E-state index contributed by atoms with van der Waals surface area (Å²) >= 11 is 0. The topological polar surface area (TPSA) is 86.7 Å². The lowest BCUT2D eigenvalue weighted by Crippen LogP contribution is -2.34. The Hall–Kier alpha value is -1.44. The number of hydrogen-bond donors (Lipinski definition) is 2. The van der Waals surface area contributed by atoms with Gasteiger partial charge in [-0.3, -0.25) is 4.79 Å². The van der Waals surface area contributed by atoms with Crippen molar-refractivity contribution < 1.29 is 18.3 Å². The Labute approximate surface area is 124 Å². The number of carboxylic acids is 1. The number of carboxylic acid groups (broad SMARTS) is 1. The number of hydrogen-bond acceptors (Lipinski definition) is 4. The molecular weight excluding hydrogens is 292 g/mol. The second kappa shape index (κ2) is 7.02.